The highest BCUT2D eigenvalue weighted by Crippen LogP contribution is 2.13. The van der Waals surface area contributed by atoms with Crippen molar-refractivity contribution in [2.45, 2.75) is 18.9 Å². The number of amides is 2. The van der Waals surface area contributed by atoms with Crippen LogP contribution in [0.25, 0.3) is 0 Å². The minimum Gasteiger partial charge on any atom is -0.394 e. The lowest BCUT2D eigenvalue weighted by atomic mass is 10.1. The van der Waals surface area contributed by atoms with Gasteiger partial charge in [0, 0.05) is 13.1 Å². The van der Waals surface area contributed by atoms with Crippen molar-refractivity contribution < 1.29 is 19.4 Å². The standard InChI is InChI=1S/C11H19N3O4S/c12-9(19)7-13-10(16)11(17)14-3-1-8(2-4-14)18-6-5-15/h8,15H,1-7H2,(H2,12,19)(H,13,16). The van der Waals surface area contributed by atoms with Crippen molar-refractivity contribution in [3.05, 3.63) is 0 Å². The van der Waals surface area contributed by atoms with Gasteiger partial charge in [-0.2, -0.15) is 0 Å². The maximum atomic E-state index is 11.8. The summed E-state index contributed by atoms with van der Waals surface area (Å²) in [7, 11) is 0. The number of nitrogens with two attached hydrogens (primary N) is 1. The molecule has 1 aliphatic heterocycles. The van der Waals surface area contributed by atoms with E-state index >= 15 is 0 Å². The van der Waals surface area contributed by atoms with Gasteiger partial charge in [-0.3, -0.25) is 9.59 Å². The molecule has 2 amide bonds. The van der Waals surface area contributed by atoms with Gasteiger partial charge in [0.2, 0.25) is 0 Å². The number of aliphatic hydroxyl groups excluding tert-OH is 1. The second-order valence-corrected chi connectivity index (χ2v) is 4.76. The number of rotatable bonds is 5. The Hall–Kier alpha value is -1.25. The van der Waals surface area contributed by atoms with Gasteiger partial charge in [-0.15, -0.1) is 0 Å². The highest BCUT2D eigenvalue weighted by molar-refractivity contribution is 7.80. The second-order valence-electron chi connectivity index (χ2n) is 4.23. The predicted molar refractivity (Wildman–Crippen MR) is 72.4 cm³/mol. The van der Waals surface area contributed by atoms with Crippen LogP contribution < -0.4 is 11.1 Å². The summed E-state index contributed by atoms with van der Waals surface area (Å²) in [5, 5.41) is 11.0. The van der Waals surface area contributed by atoms with Gasteiger partial charge < -0.3 is 25.8 Å². The second kappa shape index (κ2) is 8.03. The Bertz CT molecular complexity index is 343. The average molecular weight is 289 g/mol. The van der Waals surface area contributed by atoms with Crippen LogP contribution >= 0.6 is 12.2 Å². The van der Waals surface area contributed by atoms with E-state index in [1.165, 1.54) is 4.90 Å². The number of nitrogens with one attached hydrogen (secondary N) is 1. The number of hydrogen-bond donors (Lipinski definition) is 3. The molecule has 0 aromatic carbocycles. The summed E-state index contributed by atoms with van der Waals surface area (Å²) in [6.45, 7) is 1.24. The number of hydrogen-bond acceptors (Lipinski definition) is 5. The predicted octanol–water partition coefficient (Wildman–Crippen LogP) is -1.61. The molecule has 0 saturated carbocycles. The molecule has 0 unspecified atom stereocenters. The van der Waals surface area contributed by atoms with Crippen LogP contribution in [-0.4, -0.2) is 65.8 Å². The molecule has 0 radical (unpaired) electrons. The molecule has 7 nitrogen and oxygen atoms in total. The van der Waals surface area contributed by atoms with E-state index in [2.05, 4.69) is 17.5 Å². The summed E-state index contributed by atoms with van der Waals surface area (Å²) in [5.41, 5.74) is 5.24. The molecule has 0 aliphatic carbocycles. The highest BCUT2D eigenvalue weighted by atomic mass is 32.1. The monoisotopic (exact) mass is 289 g/mol. The van der Waals surface area contributed by atoms with E-state index < -0.39 is 11.8 Å². The van der Waals surface area contributed by atoms with Crippen molar-refractivity contribution >= 4 is 29.0 Å². The van der Waals surface area contributed by atoms with Gasteiger partial charge in [0.1, 0.15) is 0 Å². The van der Waals surface area contributed by atoms with E-state index in [0.717, 1.165) is 0 Å². The summed E-state index contributed by atoms with van der Waals surface area (Å²) in [5.74, 6) is -1.26. The Morgan fingerprint density at radius 1 is 1.42 bits per heavy atom. The third kappa shape index (κ3) is 5.50. The van der Waals surface area contributed by atoms with E-state index in [1.807, 2.05) is 0 Å². The van der Waals surface area contributed by atoms with Crippen LogP contribution in [0.15, 0.2) is 0 Å². The van der Waals surface area contributed by atoms with Crippen LogP contribution in [0, 0.1) is 0 Å². The Morgan fingerprint density at radius 3 is 2.58 bits per heavy atom. The maximum absolute atomic E-state index is 11.8. The van der Waals surface area contributed by atoms with E-state index in [9.17, 15) is 9.59 Å². The fourth-order valence-electron chi connectivity index (χ4n) is 1.83. The number of aliphatic hydroxyl groups is 1. The molecular formula is C11H19N3O4S. The zero-order valence-corrected chi connectivity index (χ0v) is 11.4. The number of thiocarbonyl (C=S) groups is 1. The molecular weight excluding hydrogens is 270 g/mol. The van der Waals surface area contributed by atoms with Crippen molar-refractivity contribution in [1.82, 2.24) is 10.2 Å². The Labute approximate surface area is 117 Å². The van der Waals surface area contributed by atoms with Crippen molar-refractivity contribution in [2.24, 2.45) is 5.73 Å². The largest absolute Gasteiger partial charge is 0.394 e. The lowest BCUT2D eigenvalue weighted by Gasteiger charge is -2.31. The lowest BCUT2D eigenvalue weighted by molar-refractivity contribution is -0.147. The zero-order chi connectivity index (χ0) is 14.3. The fraction of sp³-hybridized carbons (Fsp3) is 0.727. The highest BCUT2D eigenvalue weighted by Gasteiger charge is 2.27. The van der Waals surface area contributed by atoms with Gasteiger partial charge >= 0.3 is 11.8 Å². The Kier molecular flexibility index (Phi) is 6.68. The van der Waals surface area contributed by atoms with E-state index in [1.54, 1.807) is 0 Å². The maximum Gasteiger partial charge on any atom is 0.311 e. The fourth-order valence-corrected chi connectivity index (χ4v) is 1.90. The van der Waals surface area contributed by atoms with E-state index in [4.69, 9.17) is 15.6 Å². The van der Waals surface area contributed by atoms with Crippen molar-refractivity contribution in [3.8, 4) is 0 Å². The first kappa shape index (κ1) is 15.8. The molecule has 4 N–H and O–H groups in total. The topological polar surface area (TPSA) is 105 Å². The third-order valence-electron chi connectivity index (χ3n) is 2.79. The Morgan fingerprint density at radius 2 is 2.05 bits per heavy atom. The molecule has 108 valence electrons. The van der Waals surface area contributed by atoms with Gasteiger partial charge in [-0.25, -0.2) is 0 Å². The van der Waals surface area contributed by atoms with Crippen LogP contribution in [0.5, 0.6) is 0 Å². The van der Waals surface area contributed by atoms with Crippen molar-refractivity contribution in [2.75, 3.05) is 32.8 Å². The van der Waals surface area contributed by atoms with Crippen LogP contribution in [-0.2, 0) is 14.3 Å². The van der Waals surface area contributed by atoms with Crippen molar-refractivity contribution in [3.63, 3.8) is 0 Å². The Balaban J connectivity index is 2.31. The first-order chi connectivity index (χ1) is 9.04. The average Bonchev–Trinajstić information content (AvgIpc) is 2.42. The summed E-state index contributed by atoms with van der Waals surface area (Å²) < 4.78 is 5.38. The van der Waals surface area contributed by atoms with Crippen LogP contribution in [0.2, 0.25) is 0 Å². The third-order valence-corrected chi connectivity index (χ3v) is 2.94. The molecule has 1 saturated heterocycles. The van der Waals surface area contributed by atoms with E-state index in [-0.39, 0.29) is 24.2 Å². The molecule has 0 aromatic rings. The molecule has 0 spiro atoms. The molecule has 0 atom stereocenters. The van der Waals surface area contributed by atoms with Gasteiger partial charge in [-0.05, 0) is 12.8 Å². The number of likely N-dealkylation sites (tertiary alicyclic amines) is 1. The number of ether oxygens (including phenoxy) is 1. The number of carbonyl (C=O) groups is 2. The summed E-state index contributed by atoms with van der Waals surface area (Å²) in [6, 6.07) is 0. The van der Waals surface area contributed by atoms with Crippen LogP contribution in [0.3, 0.4) is 0 Å². The van der Waals surface area contributed by atoms with Crippen LogP contribution in [0.1, 0.15) is 12.8 Å². The SMILES string of the molecule is NC(=S)CNC(=O)C(=O)N1CCC(OCCO)CC1. The molecule has 1 aliphatic rings. The lowest BCUT2D eigenvalue weighted by Crippen LogP contribution is -2.48. The zero-order valence-electron chi connectivity index (χ0n) is 10.6. The van der Waals surface area contributed by atoms with Gasteiger partial charge in [0.05, 0.1) is 30.9 Å². The smallest absolute Gasteiger partial charge is 0.311 e. The first-order valence-electron chi connectivity index (χ1n) is 6.12. The van der Waals surface area contributed by atoms with Gasteiger partial charge in [-0.1, -0.05) is 12.2 Å². The summed E-state index contributed by atoms with van der Waals surface area (Å²) in [4.78, 5) is 24.9. The molecule has 19 heavy (non-hydrogen) atoms. The molecule has 0 bridgehead atoms. The molecule has 1 rings (SSSR count). The summed E-state index contributed by atoms with van der Waals surface area (Å²) in [6.07, 6.45) is 1.36. The van der Waals surface area contributed by atoms with Gasteiger partial charge in [0.25, 0.3) is 0 Å². The normalized spacial score (nSPS) is 16.2. The summed E-state index contributed by atoms with van der Waals surface area (Å²) >= 11 is 4.61. The molecule has 8 heteroatoms. The quantitative estimate of drug-likeness (QED) is 0.415. The number of nitrogens with zero attached hydrogens (tertiary/aromatic N) is 1. The first-order valence-corrected chi connectivity index (χ1v) is 6.53. The molecule has 1 fully saturated rings. The number of piperidine rings is 1. The minimum atomic E-state index is -0.692. The molecule has 1 heterocycles. The molecule has 0 aromatic heterocycles. The van der Waals surface area contributed by atoms with Crippen molar-refractivity contribution in [1.29, 1.82) is 0 Å². The number of carbonyl (C=O) groups excluding carboxylic acids is 2. The van der Waals surface area contributed by atoms with E-state index in [0.29, 0.717) is 32.5 Å². The van der Waals surface area contributed by atoms with Crippen LogP contribution in [0.4, 0.5) is 0 Å². The van der Waals surface area contributed by atoms with Gasteiger partial charge in [0.15, 0.2) is 0 Å². The minimum absolute atomic E-state index is 0.0133.